The molecule has 9 rings (SSSR count). The monoisotopic (exact) mass is 790 g/mol. The van der Waals surface area contributed by atoms with Gasteiger partial charge in [-0.2, -0.15) is 0 Å². The van der Waals surface area contributed by atoms with Gasteiger partial charge in [-0.1, -0.05) is 24.3 Å². The number of carbonyl (C=O) groups excluding carboxylic acids is 1. The average Bonchev–Trinajstić information content (AvgIpc) is 3.73. The Morgan fingerprint density at radius 3 is 1.72 bits per heavy atom. The number of aromatic hydroxyl groups is 2. The van der Waals surface area contributed by atoms with Gasteiger partial charge in [-0.3, -0.25) is 0 Å². The van der Waals surface area contributed by atoms with Crippen LogP contribution < -0.4 is 15.1 Å². The summed E-state index contributed by atoms with van der Waals surface area (Å²) in [5.74, 6) is 0.285. The highest BCUT2D eigenvalue weighted by Crippen LogP contribution is 2.36. The molecule has 1 atom stereocenters. The van der Waals surface area contributed by atoms with E-state index in [9.17, 15) is 23.8 Å². The van der Waals surface area contributed by atoms with Gasteiger partial charge in [-0.25, -0.2) is 33.5 Å². The molecule has 1 amide bonds. The number of ether oxygens (including phenoxy) is 2. The van der Waals surface area contributed by atoms with Crippen LogP contribution in [-0.2, 0) is 9.47 Å². The Kier molecular flexibility index (Phi) is 11.2. The lowest BCUT2D eigenvalue weighted by atomic mass is 10.1. The zero-order valence-corrected chi connectivity index (χ0v) is 32.3. The molecule has 5 heterocycles. The summed E-state index contributed by atoms with van der Waals surface area (Å²) in [6, 6.07) is 20.2. The molecular weight excluding hydrogens is 747 g/mol. The molecule has 3 fully saturated rings. The number of phenolic OH excluding ortho intramolecular Hbond substituents is 2. The topological polar surface area (TPSA) is 149 Å². The highest BCUT2D eigenvalue weighted by Gasteiger charge is 2.29. The molecule has 0 unspecified atom stereocenters. The number of fused-ring (bicyclic) bond motifs is 2. The molecule has 15 heteroatoms. The number of nitrogens with zero attached hydrogens (tertiary/aromatic N) is 7. The second-order valence-corrected chi connectivity index (χ2v) is 14.6. The van der Waals surface area contributed by atoms with Crippen molar-refractivity contribution in [2.24, 2.45) is 0 Å². The summed E-state index contributed by atoms with van der Waals surface area (Å²) in [6.07, 6.45) is 0.217. The second kappa shape index (κ2) is 16.7. The van der Waals surface area contributed by atoms with Gasteiger partial charge in [0.2, 0.25) is 0 Å². The Labute approximate surface area is 333 Å². The van der Waals surface area contributed by atoms with Crippen LogP contribution in [0.15, 0.2) is 72.8 Å². The first-order valence-corrected chi connectivity index (χ1v) is 19.4. The number of nitrogens with one attached hydrogen (secondary N) is 1. The minimum absolute atomic E-state index is 0.0249. The Morgan fingerprint density at radius 1 is 0.724 bits per heavy atom. The van der Waals surface area contributed by atoms with Gasteiger partial charge in [0.15, 0.2) is 11.6 Å². The summed E-state index contributed by atoms with van der Waals surface area (Å²) < 4.78 is 39.7. The van der Waals surface area contributed by atoms with E-state index >= 15 is 0 Å². The van der Waals surface area contributed by atoms with Gasteiger partial charge < -0.3 is 39.7 Å². The number of phenols is 2. The van der Waals surface area contributed by atoms with E-state index in [0.29, 0.717) is 50.7 Å². The lowest BCUT2D eigenvalue weighted by Gasteiger charge is -2.35. The van der Waals surface area contributed by atoms with Crippen LogP contribution in [0.5, 0.6) is 11.5 Å². The van der Waals surface area contributed by atoms with E-state index in [0.717, 1.165) is 65.8 Å². The Hall–Kier alpha value is -6.19. The van der Waals surface area contributed by atoms with Crippen molar-refractivity contribution in [2.75, 3.05) is 75.4 Å². The number of hydrogen-bond acceptors (Lipinski definition) is 12. The zero-order valence-electron chi connectivity index (χ0n) is 32.3. The smallest absolute Gasteiger partial charge is 0.410 e. The van der Waals surface area contributed by atoms with Crippen molar-refractivity contribution in [1.82, 2.24) is 30.2 Å². The largest absolute Gasteiger partial charge is 0.507 e. The number of piperazine rings is 2. The lowest BCUT2D eigenvalue weighted by molar-refractivity contribution is 0.0534. The molecule has 6 aromatic rings. The molecule has 0 radical (unpaired) electrons. The molecule has 3 aliphatic heterocycles. The fourth-order valence-corrected chi connectivity index (χ4v) is 7.42. The van der Waals surface area contributed by atoms with Gasteiger partial charge >= 0.3 is 6.09 Å². The van der Waals surface area contributed by atoms with Gasteiger partial charge in [0.1, 0.15) is 40.9 Å². The van der Waals surface area contributed by atoms with E-state index in [4.69, 9.17) is 9.47 Å². The fourth-order valence-electron chi connectivity index (χ4n) is 7.42. The van der Waals surface area contributed by atoms with Gasteiger partial charge in [-0.05, 0) is 73.5 Å². The van der Waals surface area contributed by atoms with Crippen LogP contribution in [0.4, 0.5) is 25.2 Å². The van der Waals surface area contributed by atoms with Crippen molar-refractivity contribution >= 4 is 39.5 Å². The molecule has 3 aliphatic rings. The maximum atomic E-state index is 14.6. The summed E-state index contributed by atoms with van der Waals surface area (Å²) in [5, 5.41) is 25.5. The third-order valence-corrected chi connectivity index (χ3v) is 10.5. The molecule has 0 bridgehead atoms. The van der Waals surface area contributed by atoms with E-state index in [1.54, 1.807) is 4.90 Å². The first kappa shape index (κ1) is 38.7. The predicted molar refractivity (Wildman–Crippen MR) is 217 cm³/mol. The van der Waals surface area contributed by atoms with Crippen molar-refractivity contribution in [2.45, 2.75) is 26.4 Å². The van der Waals surface area contributed by atoms with Crippen LogP contribution in [0.25, 0.3) is 44.6 Å². The van der Waals surface area contributed by atoms with Crippen LogP contribution in [-0.4, -0.2) is 113 Å². The minimum atomic E-state index is -0.587. The number of amides is 1. The Morgan fingerprint density at radius 2 is 1.24 bits per heavy atom. The van der Waals surface area contributed by atoms with Gasteiger partial charge in [0.05, 0.1) is 35.4 Å². The van der Waals surface area contributed by atoms with Crippen molar-refractivity contribution in [3.05, 3.63) is 95.6 Å². The summed E-state index contributed by atoms with van der Waals surface area (Å²) in [7, 11) is 0. The van der Waals surface area contributed by atoms with Crippen LogP contribution in [0.3, 0.4) is 0 Å². The normalized spacial score (nSPS) is 17.0. The van der Waals surface area contributed by atoms with E-state index < -0.39 is 11.6 Å². The quantitative estimate of drug-likeness (QED) is 0.179. The van der Waals surface area contributed by atoms with Gasteiger partial charge in [-0.15, -0.1) is 0 Å². The van der Waals surface area contributed by atoms with E-state index in [1.807, 2.05) is 50.2 Å². The van der Waals surface area contributed by atoms with E-state index in [-0.39, 0.29) is 46.5 Å². The number of hydrogen-bond donors (Lipinski definition) is 3. The number of aromatic nitrogens is 4. The van der Waals surface area contributed by atoms with Gasteiger partial charge in [0.25, 0.3) is 0 Å². The van der Waals surface area contributed by atoms with Crippen LogP contribution in [0, 0.1) is 25.5 Å². The first-order chi connectivity index (χ1) is 28.1. The third-order valence-electron chi connectivity index (χ3n) is 10.5. The molecule has 0 saturated carbocycles. The number of halogens is 2. The van der Waals surface area contributed by atoms with Crippen LogP contribution in [0.2, 0.25) is 0 Å². The molecule has 13 nitrogen and oxygen atoms in total. The molecule has 58 heavy (non-hydrogen) atoms. The minimum Gasteiger partial charge on any atom is -0.507 e. The summed E-state index contributed by atoms with van der Waals surface area (Å²) in [4.78, 5) is 36.8. The van der Waals surface area contributed by atoms with E-state index in [2.05, 4.69) is 35.1 Å². The van der Waals surface area contributed by atoms with Crippen LogP contribution >= 0.6 is 0 Å². The lowest BCUT2D eigenvalue weighted by Crippen LogP contribution is -2.49. The maximum Gasteiger partial charge on any atom is 0.410 e. The first-order valence-electron chi connectivity index (χ1n) is 19.4. The number of aryl methyl sites for hydroxylation is 2. The van der Waals surface area contributed by atoms with Crippen molar-refractivity contribution in [1.29, 1.82) is 0 Å². The maximum absolute atomic E-state index is 14.6. The highest BCUT2D eigenvalue weighted by molar-refractivity contribution is 5.93. The second-order valence-electron chi connectivity index (χ2n) is 14.6. The Bertz CT molecular complexity index is 2430. The molecule has 300 valence electrons. The molecule has 4 aromatic carbocycles. The van der Waals surface area contributed by atoms with Gasteiger partial charge in [0, 0.05) is 69.6 Å². The standard InChI is InChI=1S/C24H25FN4O4.C19H19FN4O/c1-15-5-6-17-19(13-15)26-22(21-18(25)3-2-4-20(21)30)27-23(17)28-8-10-29(11-9-28)24(31)33-16-7-12-32-14-16;1-12-5-6-13-15(11-12)22-18(17-14(20)3-2-4-16(17)25)23-19(13)24-9-7-21-8-10-24/h2-6,13,16,30H,7-12,14H2,1H3;2-6,11,21,25H,7-10H2,1H3/t16-;/m0./s1. The molecule has 3 saturated heterocycles. The predicted octanol–water partition coefficient (Wildman–Crippen LogP) is 6.36. The average molecular weight is 791 g/mol. The van der Waals surface area contributed by atoms with Crippen molar-refractivity contribution in [3.63, 3.8) is 0 Å². The number of benzene rings is 4. The number of anilines is 2. The van der Waals surface area contributed by atoms with Crippen molar-refractivity contribution < 1.29 is 33.3 Å². The highest BCUT2D eigenvalue weighted by atomic mass is 19.1. The molecule has 0 spiro atoms. The summed E-state index contributed by atoms with van der Waals surface area (Å²) >= 11 is 0. The Balaban J connectivity index is 0.000000168. The molecule has 2 aromatic heterocycles. The van der Waals surface area contributed by atoms with Crippen molar-refractivity contribution in [3.8, 4) is 34.3 Å². The molecule has 0 aliphatic carbocycles. The number of carbonyl (C=O) groups is 1. The third kappa shape index (κ3) is 8.13. The molecule has 3 N–H and O–H groups in total. The zero-order chi connectivity index (χ0) is 40.3. The number of rotatable bonds is 5. The SMILES string of the molecule is Cc1ccc2c(N3CCN(C(=O)O[C@H]4CCOC4)CC3)nc(-c3c(O)cccc3F)nc2c1.Cc1ccc2c(N3CCNCC3)nc(-c3c(O)cccc3F)nc2c1. The van der Waals surface area contributed by atoms with E-state index in [1.165, 1.54) is 36.4 Å². The van der Waals surface area contributed by atoms with Crippen LogP contribution in [0.1, 0.15) is 17.5 Å². The summed E-state index contributed by atoms with van der Waals surface area (Å²) in [6.45, 7) is 10.4. The molecular formula is C43H44F2N8O5. The summed E-state index contributed by atoms with van der Waals surface area (Å²) in [5.41, 5.74) is 3.52. The fraction of sp³-hybridized carbons (Fsp3) is 0.326.